The Morgan fingerprint density at radius 1 is 1.05 bits per heavy atom. The molecule has 2 heteroatoms. The van der Waals surface area contributed by atoms with Gasteiger partial charge in [0.15, 0.2) is 0 Å². The molecule has 108 valence electrons. The van der Waals surface area contributed by atoms with E-state index in [-0.39, 0.29) is 6.04 Å². The minimum atomic E-state index is 0.142. The lowest BCUT2D eigenvalue weighted by Crippen LogP contribution is -2.31. The van der Waals surface area contributed by atoms with Gasteiger partial charge in [-0.25, -0.2) is 0 Å². The van der Waals surface area contributed by atoms with Crippen LogP contribution in [0.4, 0.5) is 0 Å². The van der Waals surface area contributed by atoms with E-state index in [1.165, 1.54) is 31.2 Å². The summed E-state index contributed by atoms with van der Waals surface area (Å²) < 4.78 is 5.61. The highest BCUT2D eigenvalue weighted by Crippen LogP contribution is 2.23. The fraction of sp³-hybridized carbons (Fsp3) is 0.444. The zero-order chi connectivity index (χ0) is 14.2. The summed E-state index contributed by atoms with van der Waals surface area (Å²) in [7, 11) is 0. The number of benzene rings is 1. The van der Waals surface area contributed by atoms with Crippen LogP contribution in [0.25, 0.3) is 0 Å². The fourth-order valence-electron chi connectivity index (χ4n) is 2.51. The van der Waals surface area contributed by atoms with E-state index in [0.717, 1.165) is 5.76 Å². The van der Waals surface area contributed by atoms with Crippen LogP contribution in [0.1, 0.15) is 56.9 Å². The summed E-state index contributed by atoms with van der Waals surface area (Å²) in [5.74, 6) is 0.985. The monoisotopic (exact) mass is 271 g/mol. The molecule has 0 aliphatic heterocycles. The Balaban J connectivity index is 2.04. The van der Waals surface area contributed by atoms with Crippen molar-refractivity contribution < 1.29 is 4.42 Å². The largest absolute Gasteiger partial charge is 0.467 e. The maximum atomic E-state index is 5.61. The van der Waals surface area contributed by atoms with E-state index in [1.807, 2.05) is 18.2 Å². The van der Waals surface area contributed by atoms with Crippen LogP contribution < -0.4 is 5.32 Å². The van der Waals surface area contributed by atoms with E-state index in [0.29, 0.717) is 6.04 Å². The van der Waals surface area contributed by atoms with E-state index >= 15 is 0 Å². The van der Waals surface area contributed by atoms with Crippen LogP contribution >= 0.6 is 0 Å². The Morgan fingerprint density at radius 2 is 1.85 bits per heavy atom. The molecule has 1 aromatic carbocycles. The summed E-state index contributed by atoms with van der Waals surface area (Å²) in [6.07, 6.45) is 6.81. The first-order chi connectivity index (χ1) is 9.81. The first-order valence-electron chi connectivity index (χ1n) is 7.65. The Bertz CT molecular complexity index is 463. The van der Waals surface area contributed by atoms with Crippen LogP contribution in [0.15, 0.2) is 53.1 Å². The van der Waals surface area contributed by atoms with Crippen molar-refractivity contribution >= 4 is 0 Å². The minimum absolute atomic E-state index is 0.142. The summed E-state index contributed by atoms with van der Waals surface area (Å²) in [6, 6.07) is 15.1. The molecule has 2 aromatic rings. The molecule has 0 bridgehead atoms. The van der Waals surface area contributed by atoms with Crippen molar-refractivity contribution in [2.45, 2.75) is 51.6 Å². The zero-order valence-electron chi connectivity index (χ0n) is 12.5. The molecule has 0 aliphatic carbocycles. The molecular weight excluding hydrogens is 246 g/mol. The summed E-state index contributed by atoms with van der Waals surface area (Å²) in [5.41, 5.74) is 1.25. The molecule has 1 heterocycles. The quantitative estimate of drug-likeness (QED) is 0.689. The fourth-order valence-corrected chi connectivity index (χ4v) is 2.51. The molecule has 0 saturated carbocycles. The molecule has 0 aliphatic rings. The third-order valence-corrected chi connectivity index (χ3v) is 3.65. The first-order valence-corrected chi connectivity index (χ1v) is 7.65. The highest BCUT2D eigenvalue weighted by atomic mass is 16.3. The van der Waals surface area contributed by atoms with Crippen LogP contribution in [0.5, 0.6) is 0 Å². The predicted molar refractivity (Wildman–Crippen MR) is 83.7 cm³/mol. The van der Waals surface area contributed by atoms with Gasteiger partial charge < -0.3 is 9.73 Å². The van der Waals surface area contributed by atoms with Gasteiger partial charge in [-0.05, 0) is 31.0 Å². The average Bonchev–Trinajstić information content (AvgIpc) is 3.00. The van der Waals surface area contributed by atoms with Gasteiger partial charge in [0.05, 0.1) is 12.3 Å². The molecule has 0 fully saturated rings. The standard InChI is InChI=1S/C18H25NO/c1-3-4-6-10-15(2)19-18(17-13-9-14-20-17)16-11-7-5-8-12-16/h5,7-9,11-15,18-19H,3-4,6,10H2,1-2H3. The van der Waals surface area contributed by atoms with Gasteiger partial charge in [0, 0.05) is 6.04 Å². The second kappa shape index (κ2) is 7.91. The lowest BCUT2D eigenvalue weighted by atomic mass is 10.0. The molecule has 0 spiro atoms. The van der Waals surface area contributed by atoms with Gasteiger partial charge in [-0.1, -0.05) is 56.5 Å². The Morgan fingerprint density at radius 3 is 2.50 bits per heavy atom. The van der Waals surface area contributed by atoms with Crippen LogP contribution in [0, 0.1) is 0 Å². The van der Waals surface area contributed by atoms with Crippen molar-refractivity contribution in [2.75, 3.05) is 0 Å². The number of unbranched alkanes of at least 4 members (excludes halogenated alkanes) is 2. The summed E-state index contributed by atoms with van der Waals surface area (Å²) in [6.45, 7) is 4.50. The Hall–Kier alpha value is -1.54. The van der Waals surface area contributed by atoms with E-state index in [2.05, 4.69) is 43.4 Å². The van der Waals surface area contributed by atoms with Crippen LogP contribution in [-0.2, 0) is 0 Å². The molecule has 20 heavy (non-hydrogen) atoms. The first kappa shape index (κ1) is 14.9. The molecule has 0 radical (unpaired) electrons. The summed E-state index contributed by atoms with van der Waals surface area (Å²) >= 11 is 0. The van der Waals surface area contributed by atoms with Crippen molar-refractivity contribution in [3.05, 3.63) is 60.1 Å². The van der Waals surface area contributed by atoms with E-state index in [4.69, 9.17) is 4.42 Å². The molecule has 2 atom stereocenters. The van der Waals surface area contributed by atoms with Gasteiger partial charge >= 0.3 is 0 Å². The van der Waals surface area contributed by atoms with E-state index in [9.17, 15) is 0 Å². The maximum Gasteiger partial charge on any atom is 0.125 e. The van der Waals surface area contributed by atoms with Gasteiger partial charge in [-0.2, -0.15) is 0 Å². The van der Waals surface area contributed by atoms with Gasteiger partial charge in [0.2, 0.25) is 0 Å². The second-order valence-electron chi connectivity index (χ2n) is 5.42. The number of rotatable bonds is 8. The molecule has 1 N–H and O–H groups in total. The van der Waals surface area contributed by atoms with Crippen LogP contribution in [0.3, 0.4) is 0 Å². The molecular formula is C18H25NO. The van der Waals surface area contributed by atoms with E-state index < -0.39 is 0 Å². The van der Waals surface area contributed by atoms with Crippen molar-refractivity contribution in [3.63, 3.8) is 0 Å². The van der Waals surface area contributed by atoms with E-state index in [1.54, 1.807) is 6.26 Å². The molecule has 2 unspecified atom stereocenters. The highest BCUT2D eigenvalue weighted by Gasteiger charge is 2.18. The van der Waals surface area contributed by atoms with Gasteiger partial charge in [0.25, 0.3) is 0 Å². The SMILES string of the molecule is CCCCCC(C)NC(c1ccccc1)c1ccco1. The normalized spacial score (nSPS) is 14.1. The lowest BCUT2D eigenvalue weighted by Gasteiger charge is -2.22. The number of nitrogens with one attached hydrogen (secondary N) is 1. The molecule has 2 rings (SSSR count). The third kappa shape index (κ3) is 4.24. The summed E-state index contributed by atoms with van der Waals surface area (Å²) in [5, 5.41) is 3.70. The number of hydrogen-bond acceptors (Lipinski definition) is 2. The van der Waals surface area contributed by atoms with Crippen LogP contribution in [-0.4, -0.2) is 6.04 Å². The van der Waals surface area contributed by atoms with Crippen molar-refractivity contribution in [1.29, 1.82) is 0 Å². The van der Waals surface area contributed by atoms with Crippen molar-refractivity contribution in [1.82, 2.24) is 5.32 Å². The lowest BCUT2D eigenvalue weighted by molar-refractivity contribution is 0.397. The van der Waals surface area contributed by atoms with Gasteiger partial charge in [0.1, 0.15) is 5.76 Å². The average molecular weight is 271 g/mol. The topological polar surface area (TPSA) is 25.2 Å². The predicted octanol–water partition coefficient (Wildman–Crippen LogP) is 4.93. The Labute approximate surface area is 122 Å². The molecule has 0 saturated heterocycles. The van der Waals surface area contributed by atoms with Gasteiger partial charge in [-0.15, -0.1) is 0 Å². The van der Waals surface area contributed by atoms with Crippen molar-refractivity contribution in [3.8, 4) is 0 Å². The minimum Gasteiger partial charge on any atom is -0.467 e. The third-order valence-electron chi connectivity index (χ3n) is 3.65. The number of furan rings is 1. The van der Waals surface area contributed by atoms with Gasteiger partial charge in [-0.3, -0.25) is 0 Å². The second-order valence-corrected chi connectivity index (χ2v) is 5.42. The summed E-state index contributed by atoms with van der Waals surface area (Å²) in [4.78, 5) is 0. The molecule has 1 aromatic heterocycles. The molecule has 2 nitrogen and oxygen atoms in total. The maximum absolute atomic E-state index is 5.61. The smallest absolute Gasteiger partial charge is 0.125 e. The molecule has 0 amide bonds. The number of hydrogen-bond donors (Lipinski definition) is 1. The Kier molecular flexibility index (Phi) is 5.87. The highest BCUT2D eigenvalue weighted by molar-refractivity contribution is 5.26. The van der Waals surface area contributed by atoms with Crippen LogP contribution in [0.2, 0.25) is 0 Å². The zero-order valence-corrected chi connectivity index (χ0v) is 12.5. The van der Waals surface area contributed by atoms with Crippen molar-refractivity contribution in [2.24, 2.45) is 0 Å².